The zero-order valence-electron chi connectivity index (χ0n) is 20.5. The first-order valence-corrected chi connectivity index (χ1v) is 13.2. The van der Waals surface area contributed by atoms with Crippen molar-refractivity contribution in [3.05, 3.63) is 83.5 Å². The van der Waals surface area contributed by atoms with Crippen molar-refractivity contribution in [3.8, 4) is 5.75 Å². The number of hydrogen-bond donors (Lipinski definition) is 2. The molecule has 6 heteroatoms. The minimum Gasteiger partial charge on any atom is -0.490 e. The smallest absolute Gasteiger partial charge is 0.128 e. The van der Waals surface area contributed by atoms with Gasteiger partial charge >= 0.3 is 0 Å². The summed E-state index contributed by atoms with van der Waals surface area (Å²) < 4.78 is 6.08. The number of aryl methyl sites for hydroxylation is 1. The maximum absolute atomic E-state index is 11.0. The lowest BCUT2D eigenvalue weighted by Gasteiger charge is -2.48. The van der Waals surface area contributed by atoms with Gasteiger partial charge in [0.1, 0.15) is 18.5 Å². The van der Waals surface area contributed by atoms with Crippen LogP contribution < -0.4 is 9.64 Å². The molecule has 1 saturated heterocycles. The number of aliphatic hydroxyl groups is 1. The number of fused-ring (bicyclic) bond motifs is 6. The molecule has 0 spiro atoms. The second kappa shape index (κ2) is 9.81. The van der Waals surface area contributed by atoms with Crippen molar-refractivity contribution in [2.75, 3.05) is 31.1 Å². The summed E-state index contributed by atoms with van der Waals surface area (Å²) >= 11 is 6.33. The average molecular weight is 502 g/mol. The molecule has 0 amide bonds. The highest BCUT2D eigenvalue weighted by molar-refractivity contribution is 6.35. The van der Waals surface area contributed by atoms with Gasteiger partial charge in [0.05, 0.1) is 10.5 Å². The van der Waals surface area contributed by atoms with Gasteiger partial charge in [-0.1, -0.05) is 54.1 Å². The first-order valence-electron chi connectivity index (χ1n) is 12.8. The lowest BCUT2D eigenvalue weighted by atomic mass is 9.96. The Labute approximate surface area is 216 Å². The van der Waals surface area contributed by atoms with E-state index in [0.29, 0.717) is 23.7 Å². The van der Waals surface area contributed by atoms with E-state index in [1.165, 1.54) is 16.5 Å². The molecule has 3 aliphatic heterocycles. The van der Waals surface area contributed by atoms with E-state index in [-0.39, 0.29) is 6.61 Å². The quantitative estimate of drug-likeness (QED) is 0.321. The maximum atomic E-state index is 11.0. The van der Waals surface area contributed by atoms with Crippen LogP contribution in [0.5, 0.6) is 5.75 Å². The number of anilines is 1. The average Bonchev–Trinajstić information content (AvgIpc) is 3.27. The fraction of sp³-hybridized carbons (Fsp3) is 0.333. The predicted octanol–water partition coefficient (Wildman–Crippen LogP) is 5.93. The van der Waals surface area contributed by atoms with Gasteiger partial charge in [0.2, 0.25) is 0 Å². The van der Waals surface area contributed by atoms with Crippen LogP contribution in [0.4, 0.5) is 5.69 Å². The summed E-state index contributed by atoms with van der Waals surface area (Å²) in [5.41, 5.74) is 3.20. The van der Waals surface area contributed by atoms with Gasteiger partial charge in [-0.15, -0.1) is 0 Å². The number of nitrogens with zero attached hydrogens (tertiary/aromatic N) is 2. The normalized spacial score (nSPS) is 22.0. The molecule has 5 nitrogen and oxygen atoms in total. The molecule has 0 radical (unpaired) electrons. The van der Waals surface area contributed by atoms with Crippen molar-refractivity contribution in [2.45, 2.75) is 38.0 Å². The summed E-state index contributed by atoms with van der Waals surface area (Å²) in [4.78, 5) is 8.31. The number of aliphatic hydroxyl groups excluding tert-OH is 1. The lowest BCUT2D eigenvalue weighted by Crippen LogP contribution is -2.60. The molecule has 3 aromatic carbocycles. The number of rotatable bonds is 6. The Bertz CT molecular complexity index is 1410. The second-order valence-electron chi connectivity index (χ2n) is 10.1. The highest BCUT2D eigenvalue weighted by Gasteiger charge is 2.35. The summed E-state index contributed by atoms with van der Waals surface area (Å²) in [6.07, 6.45) is 6.06. The number of piperazine rings is 1. The summed E-state index contributed by atoms with van der Waals surface area (Å²) in [6, 6.07) is 21.8. The van der Waals surface area contributed by atoms with Crippen LogP contribution in [0.25, 0.3) is 21.7 Å². The molecule has 0 saturated carbocycles. The minimum absolute atomic E-state index is 0.249. The Balaban J connectivity index is 1.14. The van der Waals surface area contributed by atoms with Crippen molar-refractivity contribution in [3.63, 3.8) is 0 Å². The summed E-state index contributed by atoms with van der Waals surface area (Å²) in [5.74, 6) is 0.748. The van der Waals surface area contributed by atoms with Crippen LogP contribution in [-0.2, 0) is 0 Å². The monoisotopic (exact) mass is 501 g/mol. The number of halogens is 1. The largest absolute Gasteiger partial charge is 0.490 e. The van der Waals surface area contributed by atoms with E-state index in [4.69, 9.17) is 16.3 Å². The van der Waals surface area contributed by atoms with E-state index in [2.05, 4.69) is 69.4 Å². The zero-order valence-corrected chi connectivity index (χ0v) is 21.3. The molecular weight excluding hydrogens is 470 g/mol. The Hall–Kier alpha value is -2.99. The summed E-state index contributed by atoms with van der Waals surface area (Å²) in [6.45, 7) is 4.74. The number of aromatic amines is 1. The van der Waals surface area contributed by atoms with Gasteiger partial charge in [-0.3, -0.25) is 4.90 Å². The Morgan fingerprint density at radius 2 is 1.81 bits per heavy atom. The summed E-state index contributed by atoms with van der Waals surface area (Å²) in [5, 5.41) is 15.1. The molecule has 3 aliphatic rings. The molecule has 2 bridgehead atoms. The third kappa shape index (κ3) is 4.59. The van der Waals surface area contributed by atoms with Gasteiger partial charge in [0, 0.05) is 48.5 Å². The van der Waals surface area contributed by atoms with Gasteiger partial charge < -0.3 is 19.7 Å². The van der Waals surface area contributed by atoms with Gasteiger partial charge in [-0.05, 0) is 60.9 Å². The zero-order chi connectivity index (χ0) is 24.6. The predicted molar refractivity (Wildman–Crippen MR) is 148 cm³/mol. The van der Waals surface area contributed by atoms with Crippen LogP contribution in [0.2, 0.25) is 5.02 Å². The topological polar surface area (TPSA) is 51.7 Å². The second-order valence-corrected chi connectivity index (χ2v) is 10.5. The van der Waals surface area contributed by atoms with Crippen molar-refractivity contribution in [2.24, 2.45) is 0 Å². The van der Waals surface area contributed by atoms with Gasteiger partial charge in [-0.2, -0.15) is 0 Å². The van der Waals surface area contributed by atoms with Crippen molar-refractivity contribution >= 4 is 39.0 Å². The number of H-pyrrole nitrogens is 1. The van der Waals surface area contributed by atoms with Crippen molar-refractivity contribution < 1.29 is 9.84 Å². The molecular formula is C30H32ClN3O2. The van der Waals surface area contributed by atoms with Crippen LogP contribution in [0.3, 0.4) is 0 Å². The standard InChI is InChI=1S/C30H32ClN3O2/c1-20-14-27-29(13-12-28(31)30(27)32-20)36-19-26(35)18-33-16-25-9-5-4-8-24(33)17-34(25)23-11-10-21-6-2-3-7-22(21)15-23/h2-7,10-15,24-26,32,35H,8-9,16-19H2,1H3/b5-4-/t24-,25-,26-/m0/s1. The van der Waals surface area contributed by atoms with Gasteiger partial charge in [0.15, 0.2) is 0 Å². The van der Waals surface area contributed by atoms with Crippen LogP contribution in [-0.4, -0.2) is 59.4 Å². The van der Waals surface area contributed by atoms with Crippen LogP contribution >= 0.6 is 11.6 Å². The van der Waals surface area contributed by atoms with E-state index in [0.717, 1.165) is 48.3 Å². The van der Waals surface area contributed by atoms with E-state index in [1.807, 2.05) is 25.1 Å². The minimum atomic E-state index is -0.574. The van der Waals surface area contributed by atoms with Gasteiger partial charge in [-0.25, -0.2) is 0 Å². The van der Waals surface area contributed by atoms with Crippen molar-refractivity contribution in [1.29, 1.82) is 0 Å². The molecule has 0 aliphatic carbocycles. The van der Waals surface area contributed by atoms with Crippen molar-refractivity contribution in [1.82, 2.24) is 9.88 Å². The molecule has 4 heterocycles. The molecule has 2 N–H and O–H groups in total. The molecule has 3 atom stereocenters. The van der Waals surface area contributed by atoms with E-state index < -0.39 is 6.10 Å². The molecule has 36 heavy (non-hydrogen) atoms. The fourth-order valence-corrected chi connectivity index (χ4v) is 5.98. The first-order chi connectivity index (χ1) is 17.5. The first kappa shape index (κ1) is 23.4. The molecule has 4 aromatic rings. The number of benzene rings is 3. The van der Waals surface area contributed by atoms with E-state index in [1.54, 1.807) is 0 Å². The number of ether oxygens (including phenoxy) is 1. The molecule has 186 valence electrons. The lowest BCUT2D eigenvalue weighted by molar-refractivity contribution is 0.0409. The highest BCUT2D eigenvalue weighted by atomic mass is 35.5. The van der Waals surface area contributed by atoms with Crippen LogP contribution in [0.1, 0.15) is 18.5 Å². The Kier molecular flexibility index (Phi) is 6.38. The maximum Gasteiger partial charge on any atom is 0.128 e. The highest BCUT2D eigenvalue weighted by Crippen LogP contribution is 2.33. The number of aromatic nitrogens is 1. The molecule has 1 aromatic heterocycles. The molecule has 0 unspecified atom stereocenters. The van der Waals surface area contributed by atoms with E-state index >= 15 is 0 Å². The molecule has 7 rings (SSSR count). The number of hydrogen-bond acceptors (Lipinski definition) is 4. The number of nitrogens with one attached hydrogen (secondary N) is 1. The van der Waals surface area contributed by atoms with Crippen LogP contribution in [0, 0.1) is 6.92 Å². The Morgan fingerprint density at radius 1 is 1.00 bits per heavy atom. The Morgan fingerprint density at radius 3 is 2.67 bits per heavy atom. The molecule has 1 fully saturated rings. The third-order valence-electron chi connectivity index (χ3n) is 7.57. The van der Waals surface area contributed by atoms with Gasteiger partial charge in [0.25, 0.3) is 0 Å². The fourth-order valence-electron chi connectivity index (χ4n) is 5.77. The van der Waals surface area contributed by atoms with E-state index in [9.17, 15) is 5.11 Å². The third-order valence-corrected chi connectivity index (χ3v) is 7.89. The SMILES string of the molecule is Cc1cc2c(OC[C@@H](O)CN3C[C@@H]4C/C=C\C[C@H]3CN4c3ccc4ccccc4c3)ccc(Cl)c2[nH]1. The summed E-state index contributed by atoms with van der Waals surface area (Å²) in [7, 11) is 0. The van der Waals surface area contributed by atoms with Crippen LogP contribution in [0.15, 0.2) is 72.8 Å².